The van der Waals surface area contributed by atoms with Crippen LogP contribution in [0, 0.1) is 0 Å². The lowest BCUT2D eigenvalue weighted by Crippen LogP contribution is -2.59. The third-order valence-electron chi connectivity index (χ3n) is 6.49. The highest BCUT2D eigenvalue weighted by Gasteiger charge is 2.44. The molecule has 10 nitrogen and oxygen atoms in total. The third kappa shape index (κ3) is 8.75. The number of ether oxygens (including phenoxy) is 2. The first-order valence-corrected chi connectivity index (χ1v) is 12.4. The van der Waals surface area contributed by atoms with E-state index in [0.717, 1.165) is 11.1 Å². The van der Waals surface area contributed by atoms with E-state index in [-0.39, 0.29) is 30.1 Å². The van der Waals surface area contributed by atoms with E-state index in [1.165, 1.54) is 0 Å². The van der Waals surface area contributed by atoms with Crippen LogP contribution in [-0.4, -0.2) is 91.0 Å². The average molecular weight is 521 g/mol. The van der Waals surface area contributed by atoms with Gasteiger partial charge >= 0.3 is 0 Å². The lowest BCUT2D eigenvalue weighted by molar-refractivity contribution is -0.311. The van der Waals surface area contributed by atoms with Crippen molar-refractivity contribution >= 4 is 5.78 Å². The molecule has 3 rings (SSSR count). The van der Waals surface area contributed by atoms with Gasteiger partial charge in [-0.25, -0.2) is 0 Å². The predicted octanol–water partition coefficient (Wildman–Crippen LogP) is 0.558. The van der Waals surface area contributed by atoms with Gasteiger partial charge in [0.2, 0.25) is 0 Å². The Labute approximate surface area is 215 Å². The van der Waals surface area contributed by atoms with Crippen molar-refractivity contribution in [2.75, 3.05) is 6.61 Å². The number of carbonyl (C=O) groups is 1. The summed E-state index contributed by atoms with van der Waals surface area (Å²) in [5.74, 6) is 0.00469. The van der Waals surface area contributed by atoms with E-state index in [4.69, 9.17) is 9.47 Å². The molecule has 7 atom stereocenters. The maximum absolute atomic E-state index is 12.8. The number of aliphatic hydroxyl groups excluding tert-OH is 5. The number of carbonyl (C=O) groups excluding carboxylic acids is 1. The number of phenols is 2. The van der Waals surface area contributed by atoms with E-state index in [1.807, 2.05) is 0 Å². The molecule has 0 aliphatic carbocycles. The van der Waals surface area contributed by atoms with Gasteiger partial charge in [-0.15, -0.1) is 0 Å². The van der Waals surface area contributed by atoms with Gasteiger partial charge in [0, 0.05) is 12.8 Å². The summed E-state index contributed by atoms with van der Waals surface area (Å²) in [5, 5.41) is 69.1. The minimum Gasteiger partial charge on any atom is -0.508 e. The van der Waals surface area contributed by atoms with Crippen molar-refractivity contribution in [1.29, 1.82) is 0 Å². The molecular formula is C27H36O10. The number of benzene rings is 2. The van der Waals surface area contributed by atoms with Crippen LogP contribution >= 0.6 is 0 Å². The predicted molar refractivity (Wildman–Crippen MR) is 132 cm³/mol. The van der Waals surface area contributed by atoms with Gasteiger partial charge < -0.3 is 45.2 Å². The van der Waals surface area contributed by atoms with E-state index in [9.17, 15) is 40.5 Å². The highest BCUT2D eigenvalue weighted by atomic mass is 16.7. The van der Waals surface area contributed by atoms with Gasteiger partial charge in [0.15, 0.2) is 6.29 Å². The zero-order chi connectivity index (χ0) is 26.9. The number of aromatic hydroxyl groups is 2. The summed E-state index contributed by atoms with van der Waals surface area (Å²) in [4.78, 5) is 12.8. The maximum atomic E-state index is 12.8. The number of hydrogen-bond acceptors (Lipinski definition) is 10. The van der Waals surface area contributed by atoms with Gasteiger partial charge in [0.05, 0.1) is 18.8 Å². The number of phenolic OH excluding ortho intramolecular Hbond substituents is 2. The molecule has 2 aromatic carbocycles. The minimum atomic E-state index is -1.61. The fourth-order valence-electron chi connectivity index (χ4n) is 4.28. The second-order valence-electron chi connectivity index (χ2n) is 9.47. The Morgan fingerprint density at radius 1 is 0.811 bits per heavy atom. The first kappa shape index (κ1) is 29.0. The minimum absolute atomic E-state index is 0.0939. The van der Waals surface area contributed by atoms with E-state index in [2.05, 4.69) is 0 Å². The topological polar surface area (TPSA) is 177 Å². The molecule has 0 bridgehead atoms. The molecule has 204 valence electrons. The van der Waals surface area contributed by atoms with Crippen LogP contribution in [0.2, 0.25) is 0 Å². The van der Waals surface area contributed by atoms with Gasteiger partial charge in [-0.2, -0.15) is 0 Å². The Balaban J connectivity index is 1.60. The lowest BCUT2D eigenvalue weighted by Gasteiger charge is -2.40. The number of ketones is 1. The molecule has 7 N–H and O–H groups in total. The zero-order valence-electron chi connectivity index (χ0n) is 20.5. The normalized spacial score (nSPS) is 25.5. The van der Waals surface area contributed by atoms with Crippen molar-refractivity contribution < 1.29 is 50.0 Å². The average Bonchev–Trinajstić information content (AvgIpc) is 2.88. The van der Waals surface area contributed by atoms with Crippen molar-refractivity contribution in [1.82, 2.24) is 0 Å². The van der Waals surface area contributed by atoms with Gasteiger partial charge in [-0.1, -0.05) is 24.3 Å². The van der Waals surface area contributed by atoms with Crippen molar-refractivity contribution in [3.8, 4) is 11.5 Å². The summed E-state index contributed by atoms with van der Waals surface area (Å²) < 4.78 is 11.3. The molecule has 0 amide bonds. The molecule has 0 saturated carbocycles. The quantitative estimate of drug-likeness (QED) is 0.197. The Kier molecular flexibility index (Phi) is 10.8. The molecule has 0 radical (unpaired) electrons. The molecule has 1 aliphatic rings. The summed E-state index contributed by atoms with van der Waals surface area (Å²) in [5.41, 5.74) is 1.80. The SMILES string of the molecule is O=C(C[C@H](O)CCc1ccc(O)cc1)C[C@@H](CCc1ccc(O)cc1)O[C@@H]1O[C@H](CO)[C@@H](O)[C@H](O)[C@H]1O. The van der Waals surface area contributed by atoms with Gasteiger partial charge in [0.25, 0.3) is 0 Å². The van der Waals surface area contributed by atoms with Crippen LogP contribution in [-0.2, 0) is 27.1 Å². The Morgan fingerprint density at radius 2 is 1.35 bits per heavy atom. The van der Waals surface area contributed by atoms with Crippen LogP contribution in [0.3, 0.4) is 0 Å². The van der Waals surface area contributed by atoms with Crippen LogP contribution in [0.15, 0.2) is 48.5 Å². The first-order chi connectivity index (χ1) is 17.7. The number of Topliss-reactive ketones (excluding diaryl/α,β-unsaturated/α-hetero) is 1. The van der Waals surface area contributed by atoms with Crippen LogP contribution < -0.4 is 0 Å². The third-order valence-corrected chi connectivity index (χ3v) is 6.49. The lowest BCUT2D eigenvalue weighted by atomic mass is 9.97. The van der Waals surface area contributed by atoms with E-state index >= 15 is 0 Å². The summed E-state index contributed by atoms with van der Waals surface area (Å²) in [6, 6.07) is 13.2. The standard InChI is InChI=1S/C27H36O10/c28-15-23-24(33)25(34)26(35)27(37-23)36-22(12-6-17-3-9-19(30)10-4-17)14-21(32)13-20(31)11-5-16-1-7-18(29)8-2-16/h1-4,7-10,20,22-31,33-35H,5-6,11-15H2/t20-,22-,23-,24-,25+,26-,27-/m1/s1. The van der Waals surface area contributed by atoms with E-state index in [0.29, 0.717) is 25.7 Å². The van der Waals surface area contributed by atoms with Gasteiger partial charge in [0.1, 0.15) is 41.7 Å². The summed E-state index contributed by atoms with van der Waals surface area (Å²) >= 11 is 0. The molecule has 37 heavy (non-hydrogen) atoms. The Morgan fingerprint density at radius 3 is 1.89 bits per heavy atom. The molecule has 0 spiro atoms. The van der Waals surface area contributed by atoms with Crippen LogP contribution in [0.1, 0.15) is 36.8 Å². The second kappa shape index (κ2) is 13.8. The number of rotatable bonds is 13. The van der Waals surface area contributed by atoms with Crippen molar-refractivity contribution in [2.24, 2.45) is 0 Å². The number of aryl methyl sites for hydroxylation is 2. The fourth-order valence-corrected chi connectivity index (χ4v) is 4.28. The molecule has 2 aromatic rings. The zero-order valence-corrected chi connectivity index (χ0v) is 20.5. The smallest absolute Gasteiger partial charge is 0.186 e. The maximum Gasteiger partial charge on any atom is 0.186 e. The van der Waals surface area contributed by atoms with Crippen molar-refractivity contribution in [3.63, 3.8) is 0 Å². The van der Waals surface area contributed by atoms with E-state index in [1.54, 1.807) is 48.5 Å². The molecule has 1 fully saturated rings. The summed E-state index contributed by atoms with van der Waals surface area (Å²) in [6.07, 6.45) is -7.41. The highest BCUT2D eigenvalue weighted by molar-refractivity contribution is 5.79. The van der Waals surface area contributed by atoms with E-state index < -0.39 is 49.5 Å². The number of hydrogen-bond donors (Lipinski definition) is 7. The first-order valence-electron chi connectivity index (χ1n) is 12.4. The molecule has 0 unspecified atom stereocenters. The molecule has 1 aliphatic heterocycles. The second-order valence-corrected chi connectivity index (χ2v) is 9.47. The van der Waals surface area contributed by atoms with Crippen LogP contribution in [0.4, 0.5) is 0 Å². The Bertz CT molecular complexity index is 962. The van der Waals surface area contributed by atoms with Crippen LogP contribution in [0.25, 0.3) is 0 Å². The molecule has 1 saturated heterocycles. The van der Waals surface area contributed by atoms with Gasteiger partial charge in [-0.05, 0) is 61.1 Å². The molecule has 0 aromatic heterocycles. The monoisotopic (exact) mass is 520 g/mol. The summed E-state index contributed by atoms with van der Waals surface area (Å²) in [7, 11) is 0. The molecule has 10 heteroatoms. The highest BCUT2D eigenvalue weighted by Crippen LogP contribution is 2.25. The van der Waals surface area contributed by atoms with Crippen molar-refractivity contribution in [2.45, 2.75) is 81.4 Å². The fraction of sp³-hybridized carbons (Fsp3) is 0.519. The molecular weight excluding hydrogens is 484 g/mol. The largest absolute Gasteiger partial charge is 0.508 e. The summed E-state index contributed by atoms with van der Waals surface area (Å²) in [6.45, 7) is -0.602. The van der Waals surface area contributed by atoms with Crippen LogP contribution in [0.5, 0.6) is 11.5 Å². The van der Waals surface area contributed by atoms with Gasteiger partial charge in [-0.3, -0.25) is 4.79 Å². The number of aliphatic hydroxyl groups is 5. The Hall–Kier alpha value is -2.57. The molecule has 1 heterocycles. The van der Waals surface area contributed by atoms with Crippen molar-refractivity contribution in [3.05, 3.63) is 59.7 Å².